The summed E-state index contributed by atoms with van der Waals surface area (Å²) in [7, 11) is 4.09. The fourth-order valence-corrected chi connectivity index (χ4v) is 3.11. The van der Waals surface area contributed by atoms with E-state index in [4.69, 9.17) is 0 Å². The van der Waals surface area contributed by atoms with Gasteiger partial charge in [0.25, 0.3) is 5.91 Å². The summed E-state index contributed by atoms with van der Waals surface area (Å²) in [4.78, 5) is 14.1. The second-order valence-electron chi connectivity index (χ2n) is 5.36. The first kappa shape index (κ1) is 15.3. The summed E-state index contributed by atoms with van der Waals surface area (Å²) in [5, 5.41) is 12.0. The van der Waals surface area contributed by atoms with Gasteiger partial charge in [-0.1, -0.05) is 12.8 Å². The average molecular weight is 294 g/mol. The van der Waals surface area contributed by atoms with Gasteiger partial charge < -0.3 is 10.2 Å². The van der Waals surface area contributed by atoms with E-state index in [1.165, 1.54) is 12.8 Å². The summed E-state index contributed by atoms with van der Waals surface area (Å²) < 4.78 is 0. The molecule has 1 aromatic heterocycles. The molecule has 1 aliphatic rings. The van der Waals surface area contributed by atoms with Crippen molar-refractivity contribution in [2.75, 3.05) is 26.4 Å². The third-order valence-corrected chi connectivity index (χ3v) is 4.25. The molecule has 1 heterocycles. The molecule has 110 valence electrons. The number of nitrogens with zero attached hydrogens (tertiary/aromatic N) is 3. The second kappa shape index (κ2) is 7.59. The number of thioether (sulfide) groups is 1. The van der Waals surface area contributed by atoms with E-state index in [1.807, 2.05) is 20.2 Å². The Morgan fingerprint density at radius 3 is 2.70 bits per heavy atom. The van der Waals surface area contributed by atoms with Crippen molar-refractivity contribution < 1.29 is 4.79 Å². The molecular formula is C14H22N4OS. The zero-order valence-electron chi connectivity index (χ0n) is 12.1. The van der Waals surface area contributed by atoms with Gasteiger partial charge in [-0.2, -0.15) is 0 Å². The van der Waals surface area contributed by atoms with Gasteiger partial charge in [-0.3, -0.25) is 4.79 Å². The maximum atomic E-state index is 12.0. The first-order valence-corrected chi connectivity index (χ1v) is 8.06. The van der Waals surface area contributed by atoms with Crippen LogP contribution in [0.5, 0.6) is 0 Å². The van der Waals surface area contributed by atoms with E-state index in [0.717, 1.165) is 30.2 Å². The smallest absolute Gasteiger partial charge is 0.272 e. The van der Waals surface area contributed by atoms with Crippen molar-refractivity contribution in [3.63, 3.8) is 0 Å². The molecule has 0 bridgehead atoms. The van der Waals surface area contributed by atoms with E-state index >= 15 is 0 Å². The first-order chi connectivity index (χ1) is 9.65. The minimum Gasteiger partial charge on any atom is -0.348 e. The van der Waals surface area contributed by atoms with Gasteiger partial charge in [-0.25, -0.2) is 0 Å². The third-order valence-electron chi connectivity index (χ3n) is 3.35. The minimum atomic E-state index is -0.103. The molecule has 6 heteroatoms. The fourth-order valence-electron chi connectivity index (χ4n) is 2.18. The predicted molar refractivity (Wildman–Crippen MR) is 81.0 cm³/mol. The summed E-state index contributed by atoms with van der Waals surface area (Å²) in [6.45, 7) is 0.996. The number of nitrogens with one attached hydrogen (secondary N) is 1. The molecule has 5 nitrogen and oxygen atoms in total. The van der Waals surface area contributed by atoms with E-state index in [2.05, 4.69) is 20.4 Å². The molecule has 1 saturated carbocycles. The highest BCUT2D eigenvalue weighted by Crippen LogP contribution is 2.18. The standard InChI is InChI=1S/C14H22N4OS/c1-18(2)9-10-20-13-8-7-12(16-17-13)14(19)15-11-5-3-4-6-11/h7-8,11H,3-6,9-10H2,1-2H3,(H,15,19). The van der Waals surface area contributed by atoms with Crippen molar-refractivity contribution >= 4 is 17.7 Å². The molecule has 1 aliphatic carbocycles. The van der Waals surface area contributed by atoms with Crippen molar-refractivity contribution in [1.82, 2.24) is 20.4 Å². The lowest BCUT2D eigenvalue weighted by atomic mass is 10.2. The Hall–Kier alpha value is -1.14. The normalized spacial score (nSPS) is 15.8. The van der Waals surface area contributed by atoms with Gasteiger partial charge in [0.05, 0.1) is 0 Å². The summed E-state index contributed by atoms with van der Waals surface area (Å²) in [5.74, 6) is 0.865. The number of carbonyl (C=O) groups excluding carboxylic acids is 1. The first-order valence-electron chi connectivity index (χ1n) is 7.07. The van der Waals surface area contributed by atoms with Crippen LogP contribution in [0.15, 0.2) is 17.2 Å². The van der Waals surface area contributed by atoms with Crippen LogP contribution in [0, 0.1) is 0 Å². The lowest BCUT2D eigenvalue weighted by molar-refractivity contribution is 0.0931. The maximum absolute atomic E-state index is 12.0. The van der Waals surface area contributed by atoms with Crippen LogP contribution in [-0.2, 0) is 0 Å². The molecule has 0 aromatic carbocycles. The Labute approximate surface area is 124 Å². The van der Waals surface area contributed by atoms with Crippen LogP contribution in [0.2, 0.25) is 0 Å². The highest BCUT2D eigenvalue weighted by Gasteiger charge is 2.18. The van der Waals surface area contributed by atoms with Crippen molar-refractivity contribution in [3.8, 4) is 0 Å². The number of hydrogen-bond acceptors (Lipinski definition) is 5. The SMILES string of the molecule is CN(C)CCSc1ccc(C(=O)NC2CCCC2)nn1. The molecular weight excluding hydrogens is 272 g/mol. The highest BCUT2D eigenvalue weighted by atomic mass is 32.2. The molecule has 0 unspecified atom stereocenters. The molecule has 2 rings (SSSR count). The molecule has 0 aliphatic heterocycles. The molecule has 20 heavy (non-hydrogen) atoms. The number of carbonyl (C=O) groups is 1. The van der Waals surface area contributed by atoms with E-state index in [1.54, 1.807) is 17.8 Å². The molecule has 1 N–H and O–H groups in total. The van der Waals surface area contributed by atoms with Gasteiger partial charge in [-0.15, -0.1) is 22.0 Å². The quantitative estimate of drug-likeness (QED) is 0.811. The molecule has 1 fully saturated rings. The second-order valence-corrected chi connectivity index (χ2v) is 6.48. The largest absolute Gasteiger partial charge is 0.348 e. The Bertz CT molecular complexity index is 429. The predicted octanol–water partition coefficient (Wildman–Crippen LogP) is 1.80. The summed E-state index contributed by atoms with van der Waals surface area (Å²) in [5.41, 5.74) is 0.411. The number of aromatic nitrogens is 2. The zero-order valence-corrected chi connectivity index (χ0v) is 12.9. The summed E-state index contributed by atoms with van der Waals surface area (Å²) in [6.07, 6.45) is 4.57. The Morgan fingerprint density at radius 2 is 2.10 bits per heavy atom. The average Bonchev–Trinajstić information content (AvgIpc) is 2.92. The van der Waals surface area contributed by atoms with Crippen molar-refractivity contribution in [3.05, 3.63) is 17.8 Å². The van der Waals surface area contributed by atoms with Gasteiger partial charge in [0.2, 0.25) is 0 Å². The molecule has 1 amide bonds. The lowest BCUT2D eigenvalue weighted by Crippen LogP contribution is -2.33. The minimum absolute atomic E-state index is 0.103. The van der Waals surface area contributed by atoms with Crippen molar-refractivity contribution in [2.24, 2.45) is 0 Å². The molecule has 0 atom stereocenters. The van der Waals surface area contributed by atoms with Crippen LogP contribution in [0.25, 0.3) is 0 Å². The van der Waals surface area contributed by atoms with E-state index in [0.29, 0.717) is 11.7 Å². The van der Waals surface area contributed by atoms with Crippen molar-refractivity contribution in [2.45, 2.75) is 36.8 Å². The third kappa shape index (κ3) is 4.76. The van der Waals surface area contributed by atoms with Gasteiger partial charge >= 0.3 is 0 Å². The molecule has 0 spiro atoms. The number of hydrogen-bond donors (Lipinski definition) is 1. The number of amides is 1. The topological polar surface area (TPSA) is 58.1 Å². The van der Waals surface area contributed by atoms with Crippen LogP contribution in [0.4, 0.5) is 0 Å². The summed E-state index contributed by atoms with van der Waals surface area (Å²) in [6, 6.07) is 3.95. The van der Waals surface area contributed by atoms with Gasteiger partial charge in [0.15, 0.2) is 5.69 Å². The maximum Gasteiger partial charge on any atom is 0.272 e. The summed E-state index contributed by atoms with van der Waals surface area (Å²) >= 11 is 1.66. The van der Waals surface area contributed by atoms with Crippen LogP contribution in [-0.4, -0.2) is 53.4 Å². The Balaban J connectivity index is 1.82. The molecule has 0 radical (unpaired) electrons. The van der Waals surface area contributed by atoms with Crippen LogP contribution >= 0.6 is 11.8 Å². The van der Waals surface area contributed by atoms with Gasteiger partial charge in [0.1, 0.15) is 5.03 Å². The fraction of sp³-hybridized carbons (Fsp3) is 0.643. The van der Waals surface area contributed by atoms with Gasteiger partial charge in [-0.05, 0) is 39.1 Å². The van der Waals surface area contributed by atoms with E-state index in [9.17, 15) is 4.79 Å². The highest BCUT2D eigenvalue weighted by molar-refractivity contribution is 7.99. The van der Waals surface area contributed by atoms with Crippen LogP contribution in [0.3, 0.4) is 0 Å². The Morgan fingerprint density at radius 1 is 1.35 bits per heavy atom. The van der Waals surface area contributed by atoms with Crippen LogP contribution < -0.4 is 5.32 Å². The van der Waals surface area contributed by atoms with Crippen molar-refractivity contribution in [1.29, 1.82) is 0 Å². The molecule has 1 aromatic rings. The molecule has 0 saturated heterocycles. The van der Waals surface area contributed by atoms with E-state index in [-0.39, 0.29) is 5.91 Å². The zero-order chi connectivity index (χ0) is 14.4. The van der Waals surface area contributed by atoms with Gasteiger partial charge in [0, 0.05) is 18.3 Å². The van der Waals surface area contributed by atoms with Crippen LogP contribution in [0.1, 0.15) is 36.2 Å². The monoisotopic (exact) mass is 294 g/mol. The lowest BCUT2D eigenvalue weighted by Gasteiger charge is -2.11. The Kier molecular flexibility index (Phi) is 5.79. The van der Waals surface area contributed by atoms with E-state index < -0.39 is 0 Å². The number of rotatable bonds is 6.